The number of phenols is 1. The third-order valence-corrected chi connectivity index (χ3v) is 5.15. The Labute approximate surface area is 138 Å². The van der Waals surface area contributed by atoms with Crippen molar-refractivity contribution in [2.24, 2.45) is 11.8 Å². The minimum Gasteiger partial charge on any atom is -0.508 e. The highest BCUT2D eigenvalue weighted by Crippen LogP contribution is 2.42. The topological polar surface area (TPSA) is 32.7 Å². The van der Waals surface area contributed by atoms with Crippen molar-refractivity contribution in [1.29, 1.82) is 0 Å². The van der Waals surface area contributed by atoms with Crippen LogP contribution in [0.15, 0.2) is 48.5 Å². The number of aromatic hydroxyl groups is 1. The largest absolute Gasteiger partial charge is 0.508 e. The molecule has 1 heterocycles. The summed E-state index contributed by atoms with van der Waals surface area (Å²) in [6, 6.07) is 16.2. The lowest BCUT2D eigenvalue weighted by molar-refractivity contribution is 0.256. The number of anilines is 1. The molecule has 122 valence electrons. The van der Waals surface area contributed by atoms with Gasteiger partial charge in [0.2, 0.25) is 0 Å². The van der Waals surface area contributed by atoms with Gasteiger partial charge < -0.3 is 14.7 Å². The molecule has 3 nitrogen and oxygen atoms in total. The first kappa shape index (κ1) is 15.7. The minimum absolute atomic E-state index is 0.288. The highest BCUT2D eigenvalue weighted by Gasteiger charge is 2.34. The number of nitrogens with zero attached hydrogens (tertiary/aromatic N) is 1. The molecule has 1 fully saturated rings. The van der Waals surface area contributed by atoms with Crippen LogP contribution in [-0.2, 0) is 0 Å². The average molecular weight is 311 g/mol. The zero-order valence-electron chi connectivity index (χ0n) is 14.1. The number of rotatable bonds is 3. The molecular formula is C20H25NO2. The summed E-state index contributed by atoms with van der Waals surface area (Å²) < 4.78 is 5.41. The normalized spacial score (nSPS) is 24.5. The smallest absolute Gasteiger partial charge is 0.119 e. The second kappa shape index (κ2) is 6.53. The van der Waals surface area contributed by atoms with E-state index in [1.165, 1.54) is 5.56 Å². The van der Waals surface area contributed by atoms with E-state index in [-0.39, 0.29) is 6.04 Å². The van der Waals surface area contributed by atoms with Crippen LogP contribution in [0.5, 0.6) is 11.5 Å². The van der Waals surface area contributed by atoms with Gasteiger partial charge in [0.05, 0.1) is 13.2 Å². The summed E-state index contributed by atoms with van der Waals surface area (Å²) in [6.45, 7) is 5.65. The van der Waals surface area contributed by atoms with Crippen LogP contribution >= 0.6 is 0 Å². The Bertz CT molecular complexity index is 670. The summed E-state index contributed by atoms with van der Waals surface area (Å²) >= 11 is 0. The Morgan fingerprint density at radius 1 is 1.09 bits per heavy atom. The van der Waals surface area contributed by atoms with Crippen molar-refractivity contribution in [1.82, 2.24) is 0 Å². The standard InChI is InChI=1S/C20H25NO2/c1-14-10-11-21(17-7-5-8-18(22)13-17)20(15(14)2)16-6-4-9-19(12-16)23-3/h4-9,12-15,20,22H,10-11H2,1-3H3. The van der Waals surface area contributed by atoms with Crippen LogP contribution in [0.4, 0.5) is 5.69 Å². The third kappa shape index (κ3) is 3.14. The summed E-state index contributed by atoms with van der Waals surface area (Å²) in [7, 11) is 1.71. The number of hydrogen-bond acceptors (Lipinski definition) is 3. The summed E-state index contributed by atoms with van der Waals surface area (Å²) in [4.78, 5) is 2.42. The van der Waals surface area contributed by atoms with Crippen molar-refractivity contribution in [2.45, 2.75) is 26.3 Å². The summed E-state index contributed by atoms with van der Waals surface area (Å²) in [5, 5.41) is 9.85. The molecule has 3 unspecified atom stereocenters. The van der Waals surface area contributed by atoms with E-state index in [0.717, 1.165) is 24.4 Å². The Hall–Kier alpha value is -2.16. The number of methoxy groups -OCH3 is 1. The lowest BCUT2D eigenvalue weighted by Gasteiger charge is -2.45. The maximum absolute atomic E-state index is 9.85. The van der Waals surface area contributed by atoms with E-state index in [4.69, 9.17) is 4.74 Å². The third-order valence-electron chi connectivity index (χ3n) is 5.15. The van der Waals surface area contributed by atoms with Crippen LogP contribution in [0, 0.1) is 11.8 Å². The molecule has 1 aliphatic heterocycles. The van der Waals surface area contributed by atoms with Crippen molar-refractivity contribution in [2.75, 3.05) is 18.6 Å². The fourth-order valence-electron chi connectivity index (χ4n) is 3.61. The molecule has 23 heavy (non-hydrogen) atoms. The second-order valence-electron chi connectivity index (χ2n) is 6.56. The monoisotopic (exact) mass is 311 g/mol. The lowest BCUT2D eigenvalue weighted by Crippen LogP contribution is -2.41. The molecule has 2 aromatic carbocycles. The first-order chi connectivity index (χ1) is 11.1. The van der Waals surface area contributed by atoms with Crippen LogP contribution in [-0.4, -0.2) is 18.8 Å². The van der Waals surface area contributed by atoms with E-state index in [0.29, 0.717) is 17.6 Å². The molecule has 3 heteroatoms. The Kier molecular flexibility index (Phi) is 4.46. The van der Waals surface area contributed by atoms with Crippen LogP contribution in [0.25, 0.3) is 0 Å². The number of hydrogen-bond donors (Lipinski definition) is 1. The lowest BCUT2D eigenvalue weighted by atomic mass is 9.78. The molecule has 0 saturated carbocycles. The van der Waals surface area contributed by atoms with Crippen molar-refractivity contribution < 1.29 is 9.84 Å². The quantitative estimate of drug-likeness (QED) is 0.897. The van der Waals surface area contributed by atoms with E-state index < -0.39 is 0 Å². The SMILES string of the molecule is COc1cccc(C2C(C)C(C)CCN2c2cccc(O)c2)c1. The maximum Gasteiger partial charge on any atom is 0.119 e. The first-order valence-corrected chi connectivity index (χ1v) is 8.30. The van der Waals surface area contributed by atoms with Crippen LogP contribution in [0.1, 0.15) is 31.9 Å². The van der Waals surface area contributed by atoms with E-state index >= 15 is 0 Å². The van der Waals surface area contributed by atoms with E-state index in [2.05, 4.69) is 43.0 Å². The molecule has 1 N–H and O–H groups in total. The predicted molar refractivity (Wildman–Crippen MR) is 94.1 cm³/mol. The van der Waals surface area contributed by atoms with Gasteiger partial charge in [0.1, 0.15) is 11.5 Å². The second-order valence-corrected chi connectivity index (χ2v) is 6.56. The number of phenolic OH excluding ortho intramolecular Hbond substituents is 1. The molecule has 0 radical (unpaired) electrons. The predicted octanol–water partition coefficient (Wildman–Crippen LogP) is 4.62. The first-order valence-electron chi connectivity index (χ1n) is 8.30. The van der Waals surface area contributed by atoms with Crippen molar-refractivity contribution in [3.8, 4) is 11.5 Å². The fourth-order valence-corrected chi connectivity index (χ4v) is 3.61. The van der Waals surface area contributed by atoms with Crippen molar-refractivity contribution in [3.63, 3.8) is 0 Å². The van der Waals surface area contributed by atoms with Gasteiger partial charge in [0.25, 0.3) is 0 Å². The van der Waals surface area contributed by atoms with Gasteiger partial charge >= 0.3 is 0 Å². The molecule has 3 rings (SSSR count). The zero-order chi connectivity index (χ0) is 16.4. The number of benzene rings is 2. The van der Waals surface area contributed by atoms with Gasteiger partial charge in [-0.15, -0.1) is 0 Å². The molecule has 1 saturated heterocycles. The van der Waals surface area contributed by atoms with Gasteiger partial charge in [-0.2, -0.15) is 0 Å². The molecule has 3 atom stereocenters. The molecule has 0 aliphatic carbocycles. The van der Waals surface area contributed by atoms with Gasteiger partial charge in [-0.05, 0) is 48.1 Å². The van der Waals surface area contributed by atoms with Crippen molar-refractivity contribution >= 4 is 5.69 Å². The molecule has 0 amide bonds. The molecular weight excluding hydrogens is 286 g/mol. The van der Waals surface area contributed by atoms with Crippen LogP contribution < -0.4 is 9.64 Å². The Balaban J connectivity index is 2.02. The highest BCUT2D eigenvalue weighted by atomic mass is 16.5. The van der Waals surface area contributed by atoms with Crippen molar-refractivity contribution in [3.05, 3.63) is 54.1 Å². The summed E-state index contributed by atoms with van der Waals surface area (Å²) in [5.41, 5.74) is 2.35. The zero-order valence-corrected chi connectivity index (χ0v) is 14.1. The van der Waals surface area contributed by atoms with Crippen LogP contribution in [0.3, 0.4) is 0 Å². The van der Waals surface area contributed by atoms with E-state index in [9.17, 15) is 5.11 Å². The average Bonchev–Trinajstić information content (AvgIpc) is 2.57. The molecule has 0 spiro atoms. The minimum atomic E-state index is 0.288. The Morgan fingerprint density at radius 2 is 1.87 bits per heavy atom. The maximum atomic E-state index is 9.85. The van der Waals surface area contributed by atoms with Gasteiger partial charge in [0.15, 0.2) is 0 Å². The summed E-state index contributed by atoms with van der Waals surface area (Å²) in [6.07, 6.45) is 1.16. The molecule has 0 bridgehead atoms. The Morgan fingerprint density at radius 3 is 2.61 bits per heavy atom. The van der Waals surface area contributed by atoms with Gasteiger partial charge in [-0.25, -0.2) is 0 Å². The van der Waals surface area contributed by atoms with Gasteiger partial charge in [-0.3, -0.25) is 0 Å². The molecule has 2 aromatic rings. The molecule has 1 aliphatic rings. The fraction of sp³-hybridized carbons (Fsp3) is 0.400. The highest BCUT2D eigenvalue weighted by molar-refractivity contribution is 5.53. The number of piperidine rings is 1. The van der Waals surface area contributed by atoms with Crippen LogP contribution in [0.2, 0.25) is 0 Å². The summed E-state index contributed by atoms with van der Waals surface area (Å²) in [5.74, 6) is 2.40. The van der Waals surface area contributed by atoms with E-state index in [1.807, 2.05) is 18.2 Å². The van der Waals surface area contributed by atoms with E-state index in [1.54, 1.807) is 13.2 Å². The molecule has 0 aromatic heterocycles. The van der Waals surface area contributed by atoms with Gasteiger partial charge in [-0.1, -0.05) is 32.0 Å². The number of ether oxygens (including phenoxy) is 1. The van der Waals surface area contributed by atoms with Gasteiger partial charge in [0, 0.05) is 18.3 Å².